The van der Waals surface area contributed by atoms with Crippen LogP contribution in [0.25, 0.3) is 0 Å². The number of para-hydroxylation sites is 2. The quantitative estimate of drug-likeness (QED) is 0.888. The Hall–Kier alpha value is -3.03. The fourth-order valence-corrected chi connectivity index (χ4v) is 2.63. The van der Waals surface area contributed by atoms with Crippen molar-refractivity contribution in [2.24, 2.45) is 0 Å². The Balaban J connectivity index is 1.75. The third kappa shape index (κ3) is 3.63. The third-order valence-electron chi connectivity index (χ3n) is 3.93. The normalized spacial score (nSPS) is 16.5. The summed E-state index contributed by atoms with van der Waals surface area (Å²) in [4.78, 5) is 25.7. The Morgan fingerprint density at radius 2 is 1.77 bits per heavy atom. The van der Waals surface area contributed by atoms with E-state index in [1.54, 1.807) is 24.3 Å². The number of hydrogen-bond acceptors (Lipinski definition) is 3. The highest BCUT2D eigenvalue weighted by Crippen LogP contribution is 2.33. The van der Waals surface area contributed by atoms with Crippen molar-refractivity contribution in [2.45, 2.75) is 19.2 Å². The van der Waals surface area contributed by atoms with Crippen molar-refractivity contribution in [3.8, 4) is 5.75 Å². The van der Waals surface area contributed by atoms with Crippen LogP contribution in [0.4, 0.5) is 24.5 Å². The van der Waals surface area contributed by atoms with Crippen LogP contribution in [0.3, 0.4) is 0 Å². The van der Waals surface area contributed by atoms with E-state index >= 15 is 0 Å². The number of carbonyl (C=O) groups is 2. The number of nitrogens with one attached hydrogen (secondary N) is 1. The van der Waals surface area contributed by atoms with Gasteiger partial charge in [0.2, 0.25) is 5.91 Å². The lowest BCUT2D eigenvalue weighted by atomic mass is 10.1. The van der Waals surface area contributed by atoms with Gasteiger partial charge in [0.1, 0.15) is 5.75 Å². The molecule has 5 nitrogen and oxygen atoms in total. The van der Waals surface area contributed by atoms with Gasteiger partial charge in [-0.2, -0.15) is 13.2 Å². The second-order valence-electron chi connectivity index (χ2n) is 5.77. The van der Waals surface area contributed by atoms with Crippen molar-refractivity contribution < 1.29 is 27.5 Å². The van der Waals surface area contributed by atoms with Crippen LogP contribution in [0.2, 0.25) is 0 Å². The van der Waals surface area contributed by atoms with Gasteiger partial charge >= 0.3 is 6.18 Å². The number of anilines is 2. The van der Waals surface area contributed by atoms with E-state index in [0.717, 1.165) is 12.1 Å². The molecule has 3 rings (SSSR count). The van der Waals surface area contributed by atoms with Gasteiger partial charge in [0.05, 0.1) is 17.8 Å². The van der Waals surface area contributed by atoms with Crippen molar-refractivity contribution in [3.05, 3.63) is 54.1 Å². The molecule has 0 unspecified atom stereocenters. The zero-order valence-electron chi connectivity index (χ0n) is 13.7. The highest BCUT2D eigenvalue weighted by molar-refractivity contribution is 5.99. The first-order valence-electron chi connectivity index (χ1n) is 7.77. The average Bonchev–Trinajstić information content (AvgIpc) is 2.60. The van der Waals surface area contributed by atoms with Gasteiger partial charge in [0.15, 0.2) is 6.10 Å². The number of alkyl halides is 3. The molecule has 1 atom stereocenters. The van der Waals surface area contributed by atoms with Gasteiger partial charge in [-0.1, -0.05) is 12.1 Å². The van der Waals surface area contributed by atoms with E-state index < -0.39 is 23.8 Å². The number of benzene rings is 2. The number of nitrogens with zero attached hydrogens (tertiary/aromatic N) is 1. The van der Waals surface area contributed by atoms with Crippen molar-refractivity contribution in [2.75, 3.05) is 16.8 Å². The second kappa shape index (κ2) is 6.70. The van der Waals surface area contributed by atoms with Crippen LogP contribution >= 0.6 is 0 Å². The summed E-state index contributed by atoms with van der Waals surface area (Å²) in [6.07, 6.45) is -5.42. The van der Waals surface area contributed by atoms with Gasteiger partial charge in [-0.15, -0.1) is 0 Å². The predicted octanol–water partition coefficient (Wildman–Crippen LogP) is 3.46. The topological polar surface area (TPSA) is 58.6 Å². The number of amides is 2. The summed E-state index contributed by atoms with van der Waals surface area (Å²) in [5.74, 6) is -0.403. The standard InChI is InChI=1S/C18H15F3N2O3/c1-11(24)23-10-16(26-15-5-3-2-4-14(15)23)17(25)22-13-8-6-12(7-9-13)18(19,20)21/h2-9,16H,10H2,1H3,(H,22,25)/t16-/m1/s1. The summed E-state index contributed by atoms with van der Waals surface area (Å²) in [5, 5.41) is 2.51. The van der Waals surface area contributed by atoms with Crippen LogP contribution in [0.1, 0.15) is 12.5 Å². The van der Waals surface area contributed by atoms with E-state index in [1.165, 1.54) is 24.0 Å². The first-order valence-corrected chi connectivity index (χ1v) is 7.77. The van der Waals surface area contributed by atoms with E-state index in [0.29, 0.717) is 11.4 Å². The molecule has 0 saturated carbocycles. The fraction of sp³-hybridized carbons (Fsp3) is 0.222. The fourth-order valence-electron chi connectivity index (χ4n) is 2.63. The summed E-state index contributed by atoms with van der Waals surface area (Å²) >= 11 is 0. The highest BCUT2D eigenvalue weighted by Gasteiger charge is 2.33. The lowest BCUT2D eigenvalue weighted by molar-refractivity contribution is -0.137. The van der Waals surface area contributed by atoms with Gasteiger partial charge in [-0.25, -0.2) is 0 Å². The summed E-state index contributed by atoms with van der Waals surface area (Å²) in [6, 6.07) is 10.9. The van der Waals surface area contributed by atoms with Crippen molar-refractivity contribution in [3.63, 3.8) is 0 Å². The first kappa shape index (κ1) is 17.8. The number of carbonyl (C=O) groups excluding carboxylic acids is 2. The van der Waals surface area contributed by atoms with Crippen LogP contribution in [-0.2, 0) is 15.8 Å². The minimum absolute atomic E-state index is 0.0127. The summed E-state index contributed by atoms with van der Waals surface area (Å²) in [6.45, 7) is 1.39. The Labute approximate surface area is 147 Å². The van der Waals surface area contributed by atoms with E-state index in [4.69, 9.17) is 4.74 Å². The minimum Gasteiger partial charge on any atom is -0.476 e. The monoisotopic (exact) mass is 364 g/mol. The van der Waals surface area contributed by atoms with Crippen molar-refractivity contribution >= 4 is 23.2 Å². The predicted molar refractivity (Wildman–Crippen MR) is 89.0 cm³/mol. The lowest BCUT2D eigenvalue weighted by Gasteiger charge is -2.33. The molecule has 8 heteroatoms. The number of hydrogen-bond donors (Lipinski definition) is 1. The molecule has 2 amide bonds. The zero-order valence-corrected chi connectivity index (χ0v) is 13.7. The molecule has 2 aromatic rings. The second-order valence-corrected chi connectivity index (χ2v) is 5.77. The molecule has 26 heavy (non-hydrogen) atoms. The van der Waals surface area contributed by atoms with E-state index in [-0.39, 0.29) is 18.1 Å². The lowest BCUT2D eigenvalue weighted by Crippen LogP contribution is -2.48. The molecular weight excluding hydrogens is 349 g/mol. The van der Waals surface area contributed by atoms with E-state index in [9.17, 15) is 22.8 Å². The highest BCUT2D eigenvalue weighted by atomic mass is 19.4. The summed E-state index contributed by atoms with van der Waals surface area (Å²) in [7, 11) is 0. The van der Waals surface area contributed by atoms with Gasteiger partial charge in [-0.05, 0) is 36.4 Å². The van der Waals surface area contributed by atoms with Crippen LogP contribution in [0.5, 0.6) is 5.75 Å². The molecule has 0 bridgehead atoms. The van der Waals surface area contributed by atoms with Gasteiger partial charge in [-0.3, -0.25) is 9.59 Å². The first-order chi connectivity index (χ1) is 12.3. The Morgan fingerprint density at radius 1 is 1.12 bits per heavy atom. The van der Waals surface area contributed by atoms with Crippen molar-refractivity contribution in [1.82, 2.24) is 0 Å². The smallest absolute Gasteiger partial charge is 0.416 e. The summed E-state index contributed by atoms with van der Waals surface area (Å²) in [5.41, 5.74) is -0.0282. The van der Waals surface area contributed by atoms with E-state index in [1.807, 2.05) is 0 Å². The molecule has 1 N–H and O–H groups in total. The molecule has 0 aliphatic carbocycles. The number of halogens is 3. The Kier molecular flexibility index (Phi) is 4.58. The minimum atomic E-state index is -4.44. The SMILES string of the molecule is CC(=O)N1C[C@H](C(=O)Nc2ccc(C(F)(F)F)cc2)Oc2ccccc21. The van der Waals surface area contributed by atoms with Crippen LogP contribution in [0.15, 0.2) is 48.5 Å². The van der Waals surface area contributed by atoms with Gasteiger partial charge in [0.25, 0.3) is 5.91 Å². The molecule has 0 saturated heterocycles. The molecule has 1 aliphatic rings. The van der Waals surface area contributed by atoms with Gasteiger partial charge < -0.3 is 15.0 Å². The average molecular weight is 364 g/mol. The van der Waals surface area contributed by atoms with Gasteiger partial charge in [0, 0.05) is 12.6 Å². The molecule has 0 fully saturated rings. The molecule has 136 valence electrons. The largest absolute Gasteiger partial charge is 0.476 e. The molecule has 2 aromatic carbocycles. The maximum atomic E-state index is 12.6. The number of fused-ring (bicyclic) bond motifs is 1. The molecule has 0 spiro atoms. The molecular formula is C18H15F3N2O3. The number of rotatable bonds is 2. The van der Waals surface area contributed by atoms with Crippen LogP contribution in [0, 0.1) is 0 Å². The number of ether oxygens (including phenoxy) is 1. The third-order valence-corrected chi connectivity index (χ3v) is 3.93. The van der Waals surface area contributed by atoms with Crippen molar-refractivity contribution in [1.29, 1.82) is 0 Å². The van der Waals surface area contributed by atoms with Crippen LogP contribution < -0.4 is 15.0 Å². The van der Waals surface area contributed by atoms with Crippen LogP contribution in [-0.4, -0.2) is 24.5 Å². The Bertz CT molecular complexity index is 834. The molecule has 1 heterocycles. The maximum Gasteiger partial charge on any atom is 0.416 e. The van der Waals surface area contributed by atoms with E-state index in [2.05, 4.69) is 5.32 Å². The Morgan fingerprint density at radius 3 is 2.38 bits per heavy atom. The molecule has 0 radical (unpaired) electrons. The maximum absolute atomic E-state index is 12.6. The summed E-state index contributed by atoms with van der Waals surface area (Å²) < 4.78 is 43.4. The molecule has 1 aliphatic heterocycles. The zero-order chi connectivity index (χ0) is 18.9. The molecule has 0 aromatic heterocycles.